The highest BCUT2D eigenvalue weighted by Gasteiger charge is 2.06. The van der Waals surface area contributed by atoms with Crippen LogP contribution in [-0.2, 0) is 11.3 Å². The number of methoxy groups -OCH3 is 1. The van der Waals surface area contributed by atoms with E-state index in [-0.39, 0.29) is 0 Å². The van der Waals surface area contributed by atoms with Crippen LogP contribution in [0.15, 0.2) is 40.3 Å². The minimum Gasteiger partial charge on any atom is -0.377 e. The van der Waals surface area contributed by atoms with Crippen LogP contribution in [0.5, 0.6) is 0 Å². The SMILES string of the molecule is CCCNc1cc(Sc2cccc(C)c2)nc(COC)n1. The number of aryl methyl sites for hydroxylation is 1. The summed E-state index contributed by atoms with van der Waals surface area (Å²) in [4.78, 5) is 10.2. The molecule has 5 heteroatoms. The lowest BCUT2D eigenvalue weighted by molar-refractivity contribution is 0.177. The van der Waals surface area contributed by atoms with Crippen LogP contribution in [0.1, 0.15) is 24.7 Å². The summed E-state index contributed by atoms with van der Waals surface area (Å²) < 4.78 is 5.15. The van der Waals surface area contributed by atoms with Crippen molar-refractivity contribution in [1.82, 2.24) is 9.97 Å². The second-order valence-electron chi connectivity index (χ2n) is 4.79. The molecule has 0 aliphatic rings. The Balaban J connectivity index is 2.22. The van der Waals surface area contributed by atoms with E-state index in [4.69, 9.17) is 4.74 Å². The van der Waals surface area contributed by atoms with Gasteiger partial charge in [0.15, 0.2) is 5.82 Å². The molecule has 4 nitrogen and oxygen atoms in total. The van der Waals surface area contributed by atoms with Gasteiger partial charge in [0.2, 0.25) is 0 Å². The average Bonchev–Trinajstić information content (AvgIpc) is 2.45. The Morgan fingerprint density at radius 1 is 1.24 bits per heavy atom. The number of hydrogen-bond donors (Lipinski definition) is 1. The molecule has 0 aliphatic heterocycles. The topological polar surface area (TPSA) is 47.0 Å². The fourth-order valence-corrected chi connectivity index (χ4v) is 2.82. The van der Waals surface area contributed by atoms with Gasteiger partial charge in [0.05, 0.1) is 0 Å². The molecule has 0 spiro atoms. The van der Waals surface area contributed by atoms with Gasteiger partial charge in [0.25, 0.3) is 0 Å². The zero-order valence-electron chi connectivity index (χ0n) is 12.7. The third kappa shape index (κ3) is 5.02. The van der Waals surface area contributed by atoms with Crippen molar-refractivity contribution in [2.45, 2.75) is 36.8 Å². The lowest BCUT2D eigenvalue weighted by Gasteiger charge is -2.09. The largest absolute Gasteiger partial charge is 0.377 e. The Kier molecular flexibility index (Phi) is 6.02. The summed E-state index contributed by atoms with van der Waals surface area (Å²) in [5.41, 5.74) is 1.25. The monoisotopic (exact) mass is 303 g/mol. The Morgan fingerprint density at radius 2 is 2.10 bits per heavy atom. The summed E-state index contributed by atoms with van der Waals surface area (Å²) in [6.07, 6.45) is 1.06. The molecule has 1 aromatic carbocycles. The number of anilines is 1. The number of aromatic nitrogens is 2. The lowest BCUT2D eigenvalue weighted by atomic mass is 10.2. The molecule has 0 fully saturated rings. The highest BCUT2D eigenvalue weighted by molar-refractivity contribution is 7.99. The maximum atomic E-state index is 5.15. The van der Waals surface area contributed by atoms with Gasteiger partial charge in [0.1, 0.15) is 17.5 Å². The van der Waals surface area contributed by atoms with Gasteiger partial charge < -0.3 is 10.1 Å². The first-order chi connectivity index (χ1) is 10.2. The van der Waals surface area contributed by atoms with E-state index in [1.165, 1.54) is 10.5 Å². The van der Waals surface area contributed by atoms with Crippen LogP contribution in [0.25, 0.3) is 0 Å². The van der Waals surface area contributed by atoms with Gasteiger partial charge >= 0.3 is 0 Å². The number of hydrogen-bond acceptors (Lipinski definition) is 5. The quantitative estimate of drug-likeness (QED) is 0.786. The van der Waals surface area contributed by atoms with Gasteiger partial charge in [0, 0.05) is 24.6 Å². The van der Waals surface area contributed by atoms with Crippen LogP contribution in [0.4, 0.5) is 5.82 Å². The number of rotatable bonds is 7. The van der Waals surface area contributed by atoms with E-state index >= 15 is 0 Å². The van der Waals surface area contributed by atoms with Crippen molar-refractivity contribution < 1.29 is 4.74 Å². The van der Waals surface area contributed by atoms with E-state index in [2.05, 4.69) is 53.4 Å². The summed E-state index contributed by atoms with van der Waals surface area (Å²) in [5.74, 6) is 1.56. The molecule has 112 valence electrons. The molecule has 0 amide bonds. The summed E-state index contributed by atoms with van der Waals surface area (Å²) in [6, 6.07) is 10.4. The molecular formula is C16H21N3OS. The second-order valence-corrected chi connectivity index (χ2v) is 5.88. The maximum Gasteiger partial charge on any atom is 0.157 e. The molecule has 0 bridgehead atoms. The summed E-state index contributed by atoms with van der Waals surface area (Å²) in [5, 5.41) is 4.24. The Hall–Kier alpha value is -1.59. The number of nitrogens with one attached hydrogen (secondary N) is 1. The normalized spacial score (nSPS) is 10.6. The lowest BCUT2D eigenvalue weighted by Crippen LogP contribution is -2.06. The molecule has 2 rings (SSSR count). The summed E-state index contributed by atoms with van der Waals surface area (Å²) in [7, 11) is 1.66. The number of ether oxygens (including phenoxy) is 1. The van der Waals surface area contributed by atoms with Gasteiger partial charge in [-0.15, -0.1) is 0 Å². The third-order valence-corrected chi connectivity index (χ3v) is 3.70. The summed E-state index contributed by atoms with van der Waals surface area (Å²) in [6.45, 7) is 5.54. The molecule has 0 aliphatic carbocycles. The van der Waals surface area contributed by atoms with Crippen molar-refractivity contribution in [1.29, 1.82) is 0 Å². The third-order valence-electron chi connectivity index (χ3n) is 2.79. The smallest absolute Gasteiger partial charge is 0.157 e. The summed E-state index contributed by atoms with van der Waals surface area (Å²) >= 11 is 1.64. The van der Waals surface area contributed by atoms with E-state index in [1.807, 2.05) is 6.07 Å². The molecule has 0 unspecified atom stereocenters. The number of nitrogens with zero attached hydrogens (tertiary/aromatic N) is 2. The van der Waals surface area contributed by atoms with Crippen molar-refractivity contribution in [2.24, 2.45) is 0 Å². The van der Waals surface area contributed by atoms with Crippen molar-refractivity contribution >= 4 is 17.6 Å². The maximum absolute atomic E-state index is 5.15. The second kappa shape index (κ2) is 8.00. The van der Waals surface area contributed by atoms with Crippen molar-refractivity contribution in [3.8, 4) is 0 Å². The molecule has 21 heavy (non-hydrogen) atoms. The number of benzene rings is 1. The van der Waals surface area contributed by atoms with Crippen LogP contribution < -0.4 is 5.32 Å². The van der Waals surface area contributed by atoms with E-state index in [0.717, 1.165) is 23.8 Å². The first-order valence-electron chi connectivity index (χ1n) is 7.06. The van der Waals surface area contributed by atoms with Crippen LogP contribution >= 0.6 is 11.8 Å². The van der Waals surface area contributed by atoms with Crippen molar-refractivity contribution in [2.75, 3.05) is 19.0 Å². The van der Waals surface area contributed by atoms with E-state index in [0.29, 0.717) is 12.4 Å². The van der Waals surface area contributed by atoms with Gasteiger partial charge in [-0.2, -0.15) is 0 Å². The van der Waals surface area contributed by atoms with Crippen LogP contribution in [0.3, 0.4) is 0 Å². The molecule has 1 heterocycles. The zero-order chi connectivity index (χ0) is 15.1. The van der Waals surface area contributed by atoms with E-state index in [9.17, 15) is 0 Å². The Morgan fingerprint density at radius 3 is 2.81 bits per heavy atom. The Bertz CT molecular complexity index is 589. The molecule has 2 aromatic rings. The molecule has 0 radical (unpaired) electrons. The molecule has 0 saturated carbocycles. The standard InChI is InChI=1S/C16H21N3OS/c1-4-8-17-14-10-16(19-15(18-14)11-20-3)21-13-7-5-6-12(2)9-13/h5-7,9-10H,4,8,11H2,1-3H3,(H,17,18,19). The predicted molar refractivity (Wildman–Crippen MR) is 86.8 cm³/mol. The van der Waals surface area contributed by atoms with Gasteiger partial charge in [-0.25, -0.2) is 9.97 Å². The minimum atomic E-state index is 0.420. The minimum absolute atomic E-state index is 0.420. The highest BCUT2D eigenvalue weighted by Crippen LogP contribution is 2.28. The van der Waals surface area contributed by atoms with E-state index < -0.39 is 0 Å². The van der Waals surface area contributed by atoms with Gasteiger partial charge in [-0.1, -0.05) is 36.4 Å². The Labute approximate surface area is 130 Å². The van der Waals surface area contributed by atoms with Crippen LogP contribution in [0.2, 0.25) is 0 Å². The molecule has 0 saturated heterocycles. The van der Waals surface area contributed by atoms with Gasteiger partial charge in [-0.3, -0.25) is 0 Å². The first-order valence-corrected chi connectivity index (χ1v) is 7.88. The van der Waals surface area contributed by atoms with E-state index in [1.54, 1.807) is 18.9 Å². The molecule has 1 aromatic heterocycles. The van der Waals surface area contributed by atoms with Crippen molar-refractivity contribution in [3.63, 3.8) is 0 Å². The van der Waals surface area contributed by atoms with Crippen LogP contribution in [-0.4, -0.2) is 23.6 Å². The molecular weight excluding hydrogens is 282 g/mol. The van der Waals surface area contributed by atoms with Gasteiger partial charge in [-0.05, 0) is 25.5 Å². The fourth-order valence-electron chi connectivity index (χ4n) is 1.86. The molecule has 1 N–H and O–H groups in total. The average molecular weight is 303 g/mol. The predicted octanol–water partition coefficient (Wildman–Crippen LogP) is 3.90. The highest BCUT2D eigenvalue weighted by atomic mass is 32.2. The van der Waals surface area contributed by atoms with Crippen LogP contribution in [0, 0.1) is 6.92 Å². The molecule has 0 atom stereocenters. The fraction of sp³-hybridized carbons (Fsp3) is 0.375. The van der Waals surface area contributed by atoms with Crippen molar-refractivity contribution in [3.05, 3.63) is 41.7 Å². The first kappa shape index (κ1) is 15.8. The zero-order valence-corrected chi connectivity index (χ0v) is 13.5.